The third-order valence-electron chi connectivity index (χ3n) is 3.63. The normalized spacial score (nSPS) is 10.9. The summed E-state index contributed by atoms with van der Waals surface area (Å²) in [6.45, 7) is -1.17. The van der Waals surface area contributed by atoms with E-state index < -0.39 is 18.1 Å². The number of nitrogens with one attached hydrogen (secondary N) is 1. The van der Waals surface area contributed by atoms with Crippen LogP contribution in [-0.4, -0.2) is 26.9 Å². The largest absolute Gasteiger partial charge is 0.417 e. The van der Waals surface area contributed by atoms with E-state index in [9.17, 15) is 18.4 Å². The molecule has 3 rings (SSSR count). The van der Waals surface area contributed by atoms with Crippen molar-refractivity contribution in [2.45, 2.75) is 20.1 Å². The number of pyridine rings is 2. The molecule has 0 saturated heterocycles. The summed E-state index contributed by atoms with van der Waals surface area (Å²) in [6, 6.07) is 6.31. The van der Waals surface area contributed by atoms with Gasteiger partial charge in [-0.25, -0.2) is 9.97 Å². The van der Waals surface area contributed by atoms with Crippen LogP contribution in [0.15, 0.2) is 47.7 Å². The predicted molar refractivity (Wildman–Crippen MR) is 88.2 cm³/mol. The van der Waals surface area contributed by atoms with Gasteiger partial charge in [-0.3, -0.25) is 14.0 Å². The van der Waals surface area contributed by atoms with E-state index in [0.29, 0.717) is 11.2 Å². The van der Waals surface area contributed by atoms with E-state index >= 15 is 0 Å². The highest BCUT2D eigenvalue weighted by Crippen LogP contribution is 2.12. The van der Waals surface area contributed by atoms with E-state index in [1.165, 1.54) is 35.1 Å². The monoisotopic (exact) mass is 360 g/mol. The molecule has 134 valence electrons. The Morgan fingerprint density at radius 2 is 2.15 bits per heavy atom. The summed E-state index contributed by atoms with van der Waals surface area (Å²) < 4.78 is 29.9. The first kappa shape index (κ1) is 17.5. The first-order valence-corrected chi connectivity index (χ1v) is 7.60. The lowest BCUT2D eigenvalue weighted by atomic mass is 10.2. The van der Waals surface area contributed by atoms with Gasteiger partial charge in [0.25, 0.3) is 11.5 Å². The van der Waals surface area contributed by atoms with Gasteiger partial charge in [0, 0.05) is 31.2 Å². The van der Waals surface area contributed by atoms with Crippen LogP contribution in [0.3, 0.4) is 0 Å². The Morgan fingerprint density at radius 3 is 2.92 bits per heavy atom. The van der Waals surface area contributed by atoms with Crippen molar-refractivity contribution in [2.75, 3.05) is 0 Å². The second kappa shape index (κ2) is 7.26. The molecular formula is C17H14F2N4O3. The first-order valence-electron chi connectivity index (χ1n) is 7.60. The zero-order valence-electron chi connectivity index (χ0n) is 13.6. The van der Waals surface area contributed by atoms with Crippen molar-refractivity contribution in [1.82, 2.24) is 19.7 Å². The van der Waals surface area contributed by atoms with Crippen molar-refractivity contribution in [3.05, 3.63) is 69.9 Å². The molecule has 0 spiro atoms. The van der Waals surface area contributed by atoms with Crippen LogP contribution in [0.4, 0.5) is 8.78 Å². The Bertz CT molecular complexity index is 1020. The second-order valence-corrected chi connectivity index (χ2v) is 5.43. The highest BCUT2D eigenvalue weighted by atomic mass is 19.3. The van der Waals surface area contributed by atoms with Gasteiger partial charge in [-0.2, -0.15) is 8.78 Å². The number of halogens is 2. The third kappa shape index (κ3) is 3.66. The van der Waals surface area contributed by atoms with Crippen molar-refractivity contribution in [2.24, 2.45) is 0 Å². The molecule has 0 atom stereocenters. The molecule has 3 aromatic rings. The molecule has 0 unspecified atom stereocenters. The number of carbonyl (C=O) groups excluding carboxylic acids is 1. The van der Waals surface area contributed by atoms with Gasteiger partial charge in [0.05, 0.1) is 0 Å². The number of alkyl halides is 2. The maximum atomic E-state index is 12.5. The number of amides is 1. The lowest BCUT2D eigenvalue weighted by Crippen LogP contribution is -2.31. The molecule has 0 fully saturated rings. The summed E-state index contributed by atoms with van der Waals surface area (Å²) in [5.41, 5.74) is 1.16. The molecule has 1 amide bonds. The first-order chi connectivity index (χ1) is 12.5. The van der Waals surface area contributed by atoms with E-state index in [-0.39, 0.29) is 18.0 Å². The van der Waals surface area contributed by atoms with Crippen LogP contribution >= 0.6 is 0 Å². The summed E-state index contributed by atoms with van der Waals surface area (Å²) >= 11 is 0. The maximum Gasteiger partial charge on any atom is 0.388 e. The van der Waals surface area contributed by atoms with E-state index in [0.717, 1.165) is 5.56 Å². The number of hydrogen-bond donors (Lipinski definition) is 1. The van der Waals surface area contributed by atoms with Gasteiger partial charge in [0.15, 0.2) is 0 Å². The summed E-state index contributed by atoms with van der Waals surface area (Å²) in [5.74, 6) is -0.874. The minimum atomic E-state index is -2.99. The van der Waals surface area contributed by atoms with Crippen molar-refractivity contribution in [3.8, 4) is 5.88 Å². The molecule has 0 aliphatic heterocycles. The zero-order valence-corrected chi connectivity index (χ0v) is 13.6. The fourth-order valence-electron chi connectivity index (χ4n) is 2.40. The molecule has 0 radical (unpaired) electrons. The quantitative estimate of drug-likeness (QED) is 0.751. The van der Waals surface area contributed by atoms with E-state index in [4.69, 9.17) is 0 Å². The number of rotatable bonds is 5. The van der Waals surface area contributed by atoms with Crippen LogP contribution in [0.2, 0.25) is 0 Å². The summed E-state index contributed by atoms with van der Waals surface area (Å²) in [6.07, 6.45) is 4.04. The molecule has 0 aliphatic carbocycles. The fraction of sp³-hybridized carbons (Fsp3) is 0.176. The standard InChI is InChI=1S/C17H14F2N4O3/c1-10-3-2-6-23-14(10)21-9-12(16(23)25)15(24)22-8-11-4-5-20-13(7-11)26-17(18)19/h2-7,9,17H,8H2,1H3,(H,22,24). The minimum Gasteiger partial charge on any atom is -0.417 e. The molecule has 0 bridgehead atoms. The van der Waals surface area contributed by atoms with Gasteiger partial charge in [0.2, 0.25) is 5.88 Å². The Balaban J connectivity index is 1.78. The van der Waals surface area contributed by atoms with Crippen LogP contribution in [0.1, 0.15) is 21.5 Å². The number of nitrogens with zero attached hydrogens (tertiary/aromatic N) is 3. The molecule has 9 heteroatoms. The number of hydrogen-bond acceptors (Lipinski definition) is 5. The second-order valence-electron chi connectivity index (χ2n) is 5.43. The van der Waals surface area contributed by atoms with Crippen LogP contribution < -0.4 is 15.6 Å². The van der Waals surface area contributed by atoms with Crippen molar-refractivity contribution < 1.29 is 18.3 Å². The number of carbonyl (C=O) groups is 1. The van der Waals surface area contributed by atoms with Crippen molar-refractivity contribution >= 4 is 11.6 Å². The van der Waals surface area contributed by atoms with Crippen LogP contribution in [0.5, 0.6) is 5.88 Å². The summed E-state index contributed by atoms with van der Waals surface area (Å²) in [4.78, 5) is 32.6. The summed E-state index contributed by atoms with van der Waals surface area (Å²) in [7, 11) is 0. The van der Waals surface area contributed by atoms with Gasteiger partial charge in [-0.05, 0) is 30.2 Å². The van der Waals surface area contributed by atoms with Crippen LogP contribution in [0.25, 0.3) is 5.65 Å². The molecule has 3 aromatic heterocycles. The van der Waals surface area contributed by atoms with E-state index in [1.807, 2.05) is 13.0 Å². The van der Waals surface area contributed by atoms with Crippen LogP contribution in [0, 0.1) is 6.92 Å². The SMILES string of the molecule is Cc1cccn2c(=O)c(C(=O)NCc3ccnc(OC(F)F)c3)cnc12. The summed E-state index contributed by atoms with van der Waals surface area (Å²) in [5, 5.41) is 2.55. The Morgan fingerprint density at radius 1 is 1.35 bits per heavy atom. The highest BCUT2D eigenvalue weighted by Gasteiger charge is 2.14. The predicted octanol–water partition coefficient (Wildman–Crippen LogP) is 1.93. The van der Waals surface area contributed by atoms with Gasteiger partial charge in [-0.15, -0.1) is 0 Å². The minimum absolute atomic E-state index is 0.0108. The highest BCUT2D eigenvalue weighted by molar-refractivity contribution is 5.93. The molecule has 3 heterocycles. The number of aromatic nitrogens is 3. The van der Waals surface area contributed by atoms with Gasteiger partial charge >= 0.3 is 6.61 Å². The molecule has 0 aromatic carbocycles. The van der Waals surface area contributed by atoms with Crippen molar-refractivity contribution in [1.29, 1.82) is 0 Å². The van der Waals surface area contributed by atoms with Gasteiger partial charge in [-0.1, -0.05) is 6.07 Å². The topological polar surface area (TPSA) is 85.6 Å². The average molecular weight is 360 g/mol. The third-order valence-corrected chi connectivity index (χ3v) is 3.63. The molecule has 7 nitrogen and oxygen atoms in total. The molecule has 0 aliphatic rings. The Hall–Kier alpha value is -3.36. The van der Waals surface area contributed by atoms with Gasteiger partial charge in [0.1, 0.15) is 11.2 Å². The lowest BCUT2D eigenvalue weighted by molar-refractivity contribution is -0.0529. The van der Waals surface area contributed by atoms with E-state index in [1.54, 1.807) is 6.07 Å². The zero-order chi connectivity index (χ0) is 18.7. The van der Waals surface area contributed by atoms with Crippen LogP contribution in [-0.2, 0) is 6.54 Å². The van der Waals surface area contributed by atoms with Crippen molar-refractivity contribution in [3.63, 3.8) is 0 Å². The Labute approximate surface area is 146 Å². The fourth-order valence-corrected chi connectivity index (χ4v) is 2.40. The van der Waals surface area contributed by atoms with E-state index in [2.05, 4.69) is 20.0 Å². The Kier molecular flexibility index (Phi) is 4.87. The molecule has 26 heavy (non-hydrogen) atoms. The average Bonchev–Trinajstić information content (AvgIpc) is 2.60. The smallest absolute Gasteiger partial charge is 0.388 e. The lowest BCUT2D eigenvalue weighted by Gasteiger charge is -2.08. The molecule has 0 saturated carbocycles. The number of ether oxygens (including phenoxy) is 1. The number of aryl methyl sites for hydroxylation is 1. The van der Waals surface area contributed by atoms with Gasteiger partial charge < -0.3 is 10.1 Å². The molecule has 1 N–H and O–H groups in total. The maximum absolute atomic E-state index is 12.5. The number of fused-ring (bicyclic) bond motifs is 1. The molecular weight excluding hydrogens is 346 g/mol.